The van der Waals surface area contributed by atoms with Gasteiger partial charge in [0.15, 0.2) is 0 Å². The lowest BCUT2D eigenvalue weighted by Gasteiger charge is -2.15. The molecule has 1 aromatic carbocycles. The Hall–Kier alpha value is -2.79. The summed E-state index contributed by atoms with van der Waals surface area (Å²) in [5.41, 5.74) is 12.8. The molecule has 116 valence electrons. The molecule has 0 amide bonds. The minimum Gasteiger partial charge on any atom is -0.384 e. The van der Waals surface area contributed by atoms with Gasteiger partial charge < -0.3 is 21.4 Å². The summed E-state index contributed by atoms with van der Waals surface area (Å²) in [7, 11) is 0. The molecule has 0 unspecified atom stereocenters. The molecule has 23 heavy (non-hydrogen) atoms. The number of nitrogens with two attached hydrogens (primary N) is 1. The van der Waals surface area contributed by atoms with Crippen molar-refractivity contribution in [1.29, 1.82) is 0 Å². The van der Waals surface area contributed by atoms with Crippen LogP contribution in [-0.4, -0.2) is 16.5 Å². The Morgan fingerprint density at radius 3 is 2.83 bits per heavy atom. The number of rotatable bonds is 3. The van der Waals surface area contributed by atoms with Crippen molar-refractivity contribution < 1.29 is 0 Å². The van der Waals surface area contributed by atoms with Crippen molar-refractivity contribution in [2.45, 2.75) is 13.0 Å². The number of pyridine rings is 1. The number of aromatic amines is 1. The number of nitrogen functional groups attached to an aromatic ring is 1. The highest BCUT2D eigenvalue weighted by atomic mass is 15.0. The molecule has 5 N–H and O–H groups in total. The van der Waals surface area contributed by atoms with Gasteiger partial charge in [-0.3, -0.25) is 0 Å². The molecule has 0 atom stereocenters. The quantitative estimate of drug-likeness (QED) is 0.600. The van der Waals surface area contributed by atoms with Gasteiger partial charge in [0, 0.05) is 29.7 Å². The van der Waals surface area contributed by atoms with E-state index < -0.39 is 0 Å². The van der Waals surface area contributed by atoms with E-state index in [9.17, 15) is 0 Å². The van der Waals surface area contributed by atoms with Crippen LogP contribution in [-0.2, 0) is 13.0 Å². The van der Waals surface area contributed by atoms with Gasteiger partial charge >= 0.3 is 0 Å². The molecular formula is C18H19N5. The molecule has 0 saturated carbocycles. The fourth-order valence-electron chi connectivity index (χ4n) is 3.07. The topological polar surface area (TPSA) is 78.8 Å². The van der Waals surface area contributed by atoms with Crippen molar-refractivity contribution >= 4 is 17.2 Å². The summed E-state index contributed by atoms with van der Waals surface area (Å²) in [4.78, 5) is 7.65. The SMILES string of the molecule is Nc1cc(-c2[nH]c3c(c2Nc2ccccc2)CCNC3)ccn1. The van der Waals surface area contributed by atoms with Crippen LogP contribution in [0.1, 0.15) is 11.3 Å². The van der Waals surface area contributed by atoms with Gasteiger partial charge in [0.1, 0.15) is 5.82 Å². The van der Waals surface area contributed by atoms with Gasteiger partial charge in [-0.05, 0) is 42.8 Å². The molecule has 1 aliphatic heterocycles. The predicted molar refractivity (Wildman–Crippen MR) is 93.6 cm³/mol. The Kier molecular flexibility index (Phi) is 3.48. The van der Waals surface area contributed by atoms with Crippen molar-refractivity contribution in [3.05, 3.63) is 59.9 Å². The number of nitrogens with zero attached hydrogens (tertiary/aromatic N) is 1. The van der Waals surface area contributed by atoms with Crippen molar-refractivity contribution in [3.8, 4) is 11.3 Å². The normalized spacial score (nSPS) is 13.6. The van der Waals surface area contributed by atoms with Crippen molar-refractivity contribution in [2.24, 2.45) is 0 Å². The van der Waals surface area contributed by atoms with E-state index in [2.05, 4.69) is 32.7 Å². The van der Waals surface area contributed by atoms with E-state index >= 15 is 0 Å². The van der Waals surface area contributed by atoms with Crippen LogP contribution in [0.25, 0.3) is 11.3 Å². The molecular weight excluding hydrogens is 286 g/mol. The number of benzene rings is 1. The van der Waals surface area contributed by atoms with Crippen LogP contribution < -0.4 is 16.4 Å². The van der Waals surface area contributed by atoms with E-state index in [1.165, 1.54) is 11.3 Å². The van der Waals surface area contributed by atoms with Crippen LogP contribution in [0.4, 0.5) is 17.2 Å². The molecule has 0 saturated heterocycles. The predicted octanol–water partition coefficient (Wildman–Crippen LogP) is 3.05. The molecule has 0 bridgehead atoms. The van der Waals surface area contributed by atoms with Gasteiger partial charge in [-0.25, -0.2) is 4.98 Å². The molecule has 0 aliphatic carbocycles. The molecule has 0 fully saturated rings. The van der Waals surface area contributed by atoms with Crippen LogP contribution >= 0.6 is 0 Å². The summed E-state index contributed by atoms with van der Waals surface area (Å²) in [5, 5.41) is 6.99. The number of para-hydroxylation sites is 1. The van der Waals surface area contributed by atoms with Gasteiger partial charge in [0.2, 0.25) is 0 Å². The third-order valence-electron chi connectivity index (χ3n) is 4.16. The zero-order chi connectivity index (χ0) is 15.6. The van der Waals surface area contributed by atoms with Crippen LogP contribution in [0.2, 0.25) is 0 Å². The lowest BCUT2D eigenvalue weighted by molar-refractivity contribution is 0.636. The highest BCUT2D eigenvalue weighted by Gasteiger charge is 2.21. The maximum absolute atomic E-state index is 5.86. The van der Waals surface area contributed by atoms with E-state index in [-0.39, 0.29) is 0 Å². The highest BCUT2D eigenvalue weighted by Crippen LogP contribution is 2.36. The molecule has 4 rings (SSSR count). The summed E-state index contributed by atoms with van der Waals surface area (Å²) >= 11 is 0. The second-order valence-corrected chi connectivity index (χ2v) is 5.72. The van der Waals surface area contributed by atoms with Crippen LogP contribution in [0, 0.1) is 0 Å². The first-order valence-electron chi connectivity index (χ1n) is 7.79. The second kappa shape index (κ2) is 5.78. The molecule has 2 aromatic heterocycles. The number of anilines is 3. The molecule has 3 aromatic rings. The molecule has 0 radical (unpaired) electrons. The number of hydrogen-bond donors (Lipinski definition) is 4. The van der Waals surface area contributed by atoms with Crippen LogP contribution in [0.3, 0.4) is 0 Å². The molecule has 0 spiro atoms. The number of fused-ring (bicyclic) bond motifs is 1. The third kappa shape index (κ3) is 2.66. The smallest absolute Gasteiger partial charge is 0.123 e. The highest BCUT2D eigenvalue weighted by molar-refractivity contribution is 5.83. The number of nitrogens with one attached hydrogen (secondary N) is 3. The van der Waals surface area contributed by atoms with Gasteiger partial charge in [-0.2, -0.15) is 0 Å². The van der Waals surface area contributed by atoms with Crippen LogP contribution in [0.5, 0.6) is 0 Å². The van der Waals surface area contributed by atoms with E-state index in [0.29, 0.717) is 5.82 Å². The lowest BCUT2D eigenvalue weighted by atomic mass is 10.0. The van der Waals surface area contributed by atoms with E-state index in [0.717, 1.165) is 42.1 Å². The molecule has 1 aliphatic rings. The number of aromatic nitrogens is 2. The largest absolute Gasteiger partial charge is 0.384 e. The number of H-pyrrole nitrogens is 1. The fourth-order valence-corrected chi connectivity index (χ4v) is 3.07. The van der Waals surface area contributed by atoms with E-state index in [1.54, 1.807) is 6.20 Å². The first-order chi connectivity index (χ1) is 11.3. The molecule has 5 heteroatoms. The Balaban J connectivity index is 1.83. The summed E-state index contributed by atoms with van der Waals surface area (Å²) in [6.45, 7) is 1.85. The average Bonchev–Trinajstić information content (AvgIpc) is 2.95. The van der Waals surface area contributed by atoms with Gasteiger partial charge in [0.05, 0.1) is 11.4 Å². The maximum atomic E-state index is 5.86. The minimum atomic E-state index is 0.527. The van der Waals surface area contributed by atoms with Crippen molar-refractivity contribution in [3.63, 3.8) is 0 Å². The lowest BCUT2D eigenvalue weighted by Crippen LogP contribution is -2.23. The average molecular weight is 305 g/mol. The summed E-state index contributed by atoms with van der Waals surface area (Å²) in [6, 6.07) is 14.1. The minimum absolute atomic E-state index is 0.527. The molecule has 3 heterocycles. The van der Waals surface area contributed by atoms with Crippen LogP contribution in [0.15, 0.2) is 48.7 Å². The first-order valence-corrected chi connectivity index (χ1v) is 7.79. The van der Waals surface area contributed by atoms with Crippen molar-refractivity contribution in [2.75, 3.05) is 17.6 Å². The van der Waals surface area contributed by atoms with E-state index in [4.69, 9.17) is 5.73 Å². The first kappa shape index (κ1) is 13.8. The zero-order valence-electron chi connectivity index (χ0n) is 12.8. The standard InChI is InChI=1S/C18H19N5/c19-16-10-12(6-9-21-16)17-18(22-13-4-2-1-3-5-13)14-7-8-20-11-15(14)23-17/h1-6,9-10,20,22-23H,7-8,11H2,(H2,19,21). The monoisotopic (exact) mass is 305 g/mol. The number of hydrogen-bond acceptors (Lipinski definition) is 4. The Morgan fingerprint density at radius 1 is 1.13 bits per heavy atom. The Labute approximate surface area is 135 Å². The van der Waals surface area contributed by atoms with Gasteiger partial charge in [-0.15, -0.1) is 0 Å². The fraction of sp³-hybridized carbons (Fsp3) is 0.167. The summed E-state index contributed by atoms with van der Waals surface area (Å²) in [5.74, 6) is 0.527. The zero-order valence-corrected chi connectivity index (χ0v) is 12.8. The Morgan fingerprint density at radius 2 is 2.00 bits per heavy atom. The summed E-state index contributed by atoms with van der Waals surface area (Å²) < 4.78 is 0. The van der Waals surface area contributed by atoms with Gasteiger partial charge in [-0.1, -0.05) is 18.2 Å². The second-order valence-electron chi connectivity index (χ2n) is 5.72. The Bertz CT molecular complexity index is 823. The van der Waals surface area contributed by atoms with Gasteiger partial charge in [0.25, 0.3) is 0 Å². The summed E-state index contributed by atoms with van der Waals surface area (Å²) in [6.07, 6.45) is 2.75. The van der Waals surface area contributed by atoms with Crippen molar-refractivity contribution in [1.82, 2.24) is 15.3 Å². The third-order valence-corrected chi connectivity index (χ3v) is 4.16. The maximum Gasteiger partial charge on any atom is 0.123 e. The molecule has 5 nitrogen and oxygen atoms in total. The van der Waals surface area contributed by atoms with E-state index in [1.807, 2.05) is 30.3 Å².